The van der Waals surface area contributed by atoms with E-state index in [1.807, 2.05) is 6.07 Å². The second-order valence-corrected chi connectivity index (χ2v) is 10.7. The van der Waals surface area contributed by atoms with E-state index in [9.17, 15) is 19.2 Å². The molecule has 0 aromatic heterocycles. The second kappa shape index (κ2) is 9.37. The number of Topliss-reactive ketones (excluding diaryl/α,β-unsaturated/α-hetero) is 1. The zero-order valence-corrected chi connectivity index (χ0v) is 21.3. The van der Waals surface area contributed by atoms with Gasteiger partial charge in [-0.25, -0.2) is 14.6 Å². The van der Waals surface area contributed by atoms with E-state index in [1.165, 1.54) is 6.20 Å². The molecule has 188 valence electrons. The van der Waals surface area contributed by atoms with Crippen molar-refractivity contribution >= 4 is 35.1 Å². The summed E-state index contributed by atoms with van der Waals surface area (Å²) in [4.78, 5) is 55.2. The number of rotatable bonds is 6. The van der Waals surface area contributed by atoms with Crippen LogP contribution in [0.15, 0.2) is 35.6 Å². The number of carbonyl (C=O) groups excluding carboxylic acids is 4. The van der Waals surface area contributed by atoms with Gasteiger partial charge in [0, 0.05) is 12.0 Å². The minimum Gasteiger partial charge on any atom is -0.463 e. The predicted octanol–water partition coefficient (Wildman–Crippen LogP) is 3.01. The number of esters is 3. The molecule has 0 spiro atoms. The molecule has 0 saturated heterocycles. The third-order valence-electron chi connectivity index (χ3n) is 5.67. The summed E-state index contributed by atoms with van der Waals surface area (Å²) >= 11 is 0. The van der Waals surface area contributed by atoms with Gasteiger partial charge in [-0.1, -0.05) is 12.1 Å². The Morgan fingerprint density at radius 1 is 1.03 bits per heavy atom. The molecule has 0 N–H and O–H groups in total. The first-order valence-electron chi connectivity index (χ1n) is 11.5. The highest BCUT2D eigenvalue weighted by molar-refractivity contribution is 6.67. The fourth-order valence-electron chi connectivity index (χ4n) is 4.46. The van der Waals surface area contributed by atoms with E-state index in [4.69, 9.17) is 9.47 Å². The van der Waals surface area contributed by atoms with Crippen molar-refractivity contribution in [2.75, 3.05) is 13.7 Å². The molecule has 9 heteroatoms. The molecule has 0 bridgehead atoms. The largest absolute Gasteiger partial charge is 0.463 e. The van der Waals surface area contributed by atoms with Crippen molar-refractivity contribution in [3.05, 3.63) is 41.7 Å². The van der Waals surface area contributed by atoms with Gasteiger partial charge in [-0.3, -0.25) is 14.1 Å². The van der Waals surface area contributed by atoms with E-state index in [0.717, 1.165) is 12.7 Å². The molecule has 9 nitrogen and oxygen atoms in total. The molecule has 2 unspecified atom stereocenters. The SMILES string of the molecule is COC(=O)C(=O)C1=NC=C[N+]2(CCC(=O)OC(C)(C)C)c3c(cccc31)CC2C(=O)OC(C)(C)C. The quantitative estimate of drug-likeness (QED) is 0.264. The topological polar surface area (TPSA) is 108 Å². The van der Waals surface area contributed by atoms with Gasteiger partial charge in [-0.15, -0.1) is 0 Å². The van der Waals surface area contributed by atoms with Crippen LogP contribution in [0.4, 0.5) is 5.69 Å². The Bertz CT molecular complexity index is 1120. The summed E-state index contributed by atoms with van der Waals surface area (Å²) in [6.07, 6.45) is 3.43. The van der Waals surface area contributed by atoms with Crippen molar-refractivity contribution in [2.45, 2.75) is 71.6 Å². The number of carbonyl (C=O) groups is 4. The smallest absolute Gasteiger partial charge is 0.381 e. The number of nitrogens with zero attached hydrogens (tertiary/aromatic N) is 2. The van der Waals surface area contributed by atoms with Crippen LogP contribution in [0.1, 0.15) is 59.1 Å². The molecule has 2 atom stereocenters. The maximum Gasteiger partial charge on any atom is 0.381 e. The van der Waals surface area contributed by atoms with Gasteiger partial charge in [-0.2, -0.15) is 0 Å². The fourth-order valence-corrected chi connectivity index (χ4v) is 4.46. The van der Waals surface area contributed by atoms with Crippen LogP contribution in [0.3, 0.4) is 0 Å². The van der Waals surface area contributed by atoms with Gasteiger partial charge in [0.05, 0.1) is 31.8 Å². The van der Waals surface area contributed by atoms with Crippen LogP contribution < -0.4 is 4.48 Å². The third kappa shape index (κ3) is 5.51. The lowest BCUT2D eigenvalue weighted by atomic mass is 10.00. The lowest BCUT2D eigenvalue weighted by Crippen LogP contribution is -2.56. The zero-order chi connectivity index (χ0) is 26.2. The Morgan fingerprint density at radius 2 is 1.69 bits per heavy atom. The number of ether oxygens (including phenoxy) is 3. The molecule has 0 radical (unpaired) electrons. The van der Waals surface area contributed by atoms with Crippen LogP contribution in [0, 0.1) is 0 Å². The van der Waals surface area contributed by atoms with E-state index in [-0.39, 0.29) is 23.2 Å². The molecule has 1 aromatic rings. The van der Waals surface area contributed by atoms with Crippen LogP contribution in [-0.2, 0) is 39.8 Å². The maximum atomic E-state index is 13.4. The molecule has 2 heterocycles. The van der Waals surface area contributed by atoms with Crippen molar-refractivity contribution in [1.82, 2.24) is 4.48 Å². The number of hydrogen-bond donors (Lipinski definition) is 0. The summed E-state index contributed by atoms with van der Waals surface area (Å²) in [5, 5.41) is 0. The molecule has 35 heavy (non-hydrogen) atoms. The highest BCUT2D eigenvalue weighted by atomic mass is 16.6. The monoisotopic (exact) mass is 485 g/mol. The van der Waals surface area contributed by atoms with Gasteiger partial charge in [0.25, 0.3) is 5.78 Å². The third-order valence-corrected chi connectivity index (χ3v) is 5.67. The lowest BCUT2D eigenvalue weighted by Gasteiger charge is -2.36. The van der Waals surface area contributed by atoms with E-state index in [0.29, 0.717) is 17.7 Å². The molecular formula is C26H33N2O7+. The molecular weight excluding hydrogens is 452 g/mol. The van der Waals surface area contributed by atoms with Crippen molar-refractivity contribution in [3.8, 4) is 0 Å². The number of hydrogen-bond acceptors (Lipinski definition) is 8. The van der Waals surface area contributed by atoms with Gasteiger partial charge >= 0.3 is 17.9 Å². The van der Waals surface area contributed by atoms with E-state index >= 15 is 0 Å². The Morgan fingerprint density at radius 3 is 2.29 bits per heavy atom. The van der Waals surface area contributed by atoms with Crippen LogP contribution in [0.5, 0.6) is 0 Å². The number of aliphatic imine (C=N–C) groups is 1. The standard InChI is InChI=1S/C26H33N2O7/c1-25(2,3)34-19(29)11-13-28-14-12-27-20(22(30)24(32)33-7)17-10-8-9-16(21(17)28)15-18(28)23(31)35-26(4,5)6/h8-10,12,14,18H,11,13,15H2,1-7H3/q+1. The van der Waals surface area contributed by atoms with Crippen LogP contribution in [0.2, 0.25) is 0 Å². The molecule has 0 saturated carbocycles. The summed E-state index contributed by atoms with van der Waals surface area (Å²) in [6, 6.07) is 4.58. The molecule has 2 aliphatic heterocycles. The number of ketones is 1. The van der Waals surface area contributed by atoms with Gasteiger partial charge in [0.1, 0.15) is 23.1 Å². The van der Waals surface area contributed by atoms with Gasteiger partial charge in [-0.05, 0) is 47.6 Å². The minimum absolute atomic E-state index is 0.00889. The normalized spacial score (nSPS) is 20.9. The Labute approximate surface area is 205 Å². The lowest BCUT2D eigenvalue weighted by molar-refractivity contribution is -0.161. The first kappa shape index (κ1) is 26.3. The van der Waals surface area contributed by atoms with E-state index in [1.54, 1.807) is 59.9 Å². The van der Waals surface area contributed by atoms with Gasteiger partial charge in [0.2, 0.25) is 6.04 Å². The van der Waals surface area contributed by atoms with E-state index < -0.39 is 40.9 Å². The highest BCUT2D eigenvalue weighted by Gasteiger charge is 2.54. The Balaban J connectivity index is 2.12. The molecule has 2 aliphatic rings. The van der Waals surface area contributed by atoms with Gasteiger partial charge in [0.15, 0.2) is 5.69 Å². The minimum atomic E-state index is -1.04. The fraction of sp³-hybridized carbons (Fsp3) is 0.500. The van der Waals surface area contributed by atoms with Crippen molar-refractivity contribution in [3.63, 3.8) is 0 Å². The first-order valence-corrected chi connectivity index (χ1v) is 11.5. The van der Waals surface area contributed by atoms with Gasteiger partial charge < -0.3 is 14.2 Å². The highest BCUT2D eigenvalue weighted by Crippen LogP contribution is 2.45. The predicted molar refractivity (Wildman–Crippen MR) is 130 cm³/mol. The van der Waals surface area contributed by atoms with Crippen LogP contribution >= 0.6 is 0 Å². The molecule has 0 amide bonds. The van der Waals surface area contributed by atoms with E-state index in [2.05, 4.69) is 9.73 Å². The Hall–Kier alpha value is -3.33. The summed E-state index contributed by atoms with van der Waals surface area (Å²) in [5.74, 6) is -2.77. The van der Waals surface area contributed by atoms with Crippen LogP contribution in [0.25, 0.3) is 0 Å². The van der Waals surface area contributed by atoms with Crippen LogP contribution in [-0.4, -0.2) is 60.3 Å². The zero-order valence-electron chi connectivity index (χ0n) is 21.3. The van der Waals surface area contributed by atoms with Crippen molar-refractivity contribution < 1.29 is 33.4 Å². The molecule has 3 rings (SSSR count). The summed E-state index contributed by atoms with van der Waals surface area (Å²) in [7, 11) is 1.13. The average molecular weight is 486 g/mol. The summed E-state index contributed by atoms with van der Waals surface area (Å²) < 4.78 is 15.8. The average Bonchev–Trinajstić information content (AvgIpc) is 2.96. The molecule has 1 aromatic carbocycles. The Kier molecular flexibility index (Phi) is 7.04. The second-order valence-electron chi connectivity index (χ2n) is 10.7. The van der Waals surface area contributed by atoms with Crippen molar-refractivity contribution in [2.24, 2.45) is 4.99 Å². The molecule has 0 fully saturated rings. The maximum absolute atomic E-state index is 13.4. The number of benzene rings is 1. The number of quaternary nitrogens is 1. The van der Waals surface area contributed by atoms with Crippen molar-refractivity contribution in [1.29, 1.82) is 0 Å². The first-order chi connectivity index (χ1) is 16.2. The summed E-state index contributed by atoms with van der Waals surface area (Å²) in [6.45, 7) is 10.9. The summed E-state index contributed by atoms with van der Waals surface area (Å²) in [5.41, 5.74) is 0.400. The number of para-hydroxylation sites is 1. The molecule has 0 aliphatic carbocycles. The number of methoxy groups -OCH3 is 1.